The van der Waals surface area contributed by atoms with Gasteiger partial charge in [-0.15, -0.1) is 0 Å². The van der Waals surface area contributed by atoms with Gasteiger partial charge in [0.05, 0.1) is 12.7 Å². The molecule has 3 aromatic carbocycles. The van der Waals surface area contributed by atoms with Gasteiger partial charge in [-0.05, 0) is 35.7 Å². The minimum Gasteiger partial charge on any atom is -0.463 e. The average Bonchev–Trinajstić information content (AvgIpc) is 2.78. The highest BCUT2D eigenvalue weighted by Crippen LogP contribution is 2.34. The van der Waals surface area contributed by atoms with Gasteiger partial charge < -0.3 is 14.6 Å². The number of benzene rings is 3. The topological polar surface area (TPSA) is 41.9 Å². The van der Waals surface area contributed by atoms with Crippen molar-refractivity contribution in [2.75, 3.05) is 6.54 Å². The molecule has 31 heavy (non-hydrogen) atoms. The van der Waals surface area contributed by atoms with Crippen molar-refractivity contribution in [1.29, 1.82) is 0 Å². The number of hydrogen-bond acceptors (Lipinski definition) is 4. The summed E-state index contributed by atoms with van der Waals surface area (Å²) in [6.07, 6.45) is -0.616. The normalized spacial score (nSPS) is 16.9. The van der Waals surface area contributed by atoms with E-state index in [1.807, 2.05) is 44.2 Å². The Balaban J connectivity index is 1.55. The molecule has 1 aliphatic heterocycles. The molecule has 1 aliphatic rings. The fraction of sp³-hybridized carbons (Fsp3) is 0.333. The summed E-state index contributed by atoms with van der Waals surface area (Å²) in [7, 11) is 0. The van der Waals surface area contributed by atoms with E-state index >= 15 is 0 Å². The highest BCUT2D eigenvalue weighted by atomic mass is 16.7. The van der Waals surface area contributed by atoms with Crippen molar-refractivity contribution < 1.29 is 14.6 Å². The number of nitrogens with zero attached hydrogens (tertiary/aromatic N) is 1. The Morgan fingerprint density at radius 2 is 1.61 bits per heavy atom. The maximum Gasteiger partial charge on any atom is 0.205 e. The number of aliphatic hydroxyl groups excluding tert-OH is 1. The third-order valence-electron chi connectivity index (χ3n) is 5.87. The summed E-state index contributed by atoms with van der Waals surface area (Å²) in [6, 6.07) is 26.9. The summed E-state index contributed by atoms with van der Waals surface area (Å²) in [5.74, 6) is 0.205. The molecule has 4 rings (SSSR count). The van der Waals surface area contributed by atoms with Crippen LogP contribution in [-0.4, -0.2) is 22.3 Å². The zero-order chi connectivity index (χ0) is 21.8. The van der Waals surface area contributed by atoms with Crippen LogP contribution in [0.15, 0.2) is 78.9 Å². The van der Waals surface area contributed by atoms with Crippen LogP contribution in [-0.2, 0) is 17.9 Å². The van der Waals surface area contributed by atoms with E-state index in [9.17, 15) is 5.11 Å². The zero-order valence-corrected chi connectivity index (χ0v) is 18.5. The van der Waals surface area contributed by atoms with Crippen LogP contribution in [0.25, 0.3) is 0 Å². The molecule has 0 fully saturated rings. The quantitative estimate of drug-likeness (QED) is 0.541. The van der Waals surface area contributed by atoms with Gasteiger partial charge in [0.2, 0.25) is 5.79 Å². The standard InChI is InChI=1S/C27H31NO3/c1-20(22-12-8-5-9-13-22)28(17-21-10-6-4-7-11-21)18-25(29)23-14-15-26-24(16-23)19-30-27(2,3)31-26/h4-16,20,25,29H,17-19H2,1-3H3/t20-,25-/m0/s1. The number of rotatable bonds is 7. The van der Waals surface area contributed by atoms with Crippen molar-refractivity contribution in [3.63, 3.8) is 0 Å². The van der Waals surface area contributed by atoms with Gasteiger partial charge in [-0.25, -0.2) is 0 Å². The first kappa shape index (κ1) is 21.6. The highest BCUT2D eigenvalue weighted by molar-refractivity contribution is 5.39. The number of fused-ring (bicyclic) bond motifs is 1. The fourth-order valence-corrected chi connectivity index (χ4v) is 4.01. The third kappa shape index (κ3) is 5.34. The van der Waals surface area contributed by atoms with Crippen LogP contribution in [0.1, 0.15) is 55.2 Å². The van der Waals surface area contributed by atoms with Crippen LogP contribution in [0.3, 0.4) is 0 Å². The minimum atomic E-state index is -0.620. The SMILES string of the molecule is C[C@@H](c1ccccc1)N(Cc1ccccc1)C[C@H](O)c1ccc2c(c1)COC(C)(C)O2. The van der Waals surface area contributed by atoms with Crippen LogP contribution < -0.4 is 4.74 Å². The lowest BCUT2D eigenvalue weighted by atomic mass is 10.0. The Kier molecular flexibility index (Phi) is 6.42. The van der Waals surface area contributed by atoms with Gasteiger partial charge >= 0.3 is 0 Å². The van der Waals surface area contributed by atoms with Crippen molar-refractivity contribution in [3.05, 3.63) is 101 Å². The largest absolute Gasteiger partial charge is 0.463 e. The molecule has 0 amide bonds. The van der Waals surface area contributed by atoms with Gasteiger partial charge in [0.25, 0.3) is 0 Å². The summed E-state index contributed by atoms with van der Waals surface area (Å²) in [5, 5.41) is 11.1. The smallest absolute Gasteiger partial charge is 0.205 e. The Morgan fingerprint density at radius 3 is 2.32 bits per heavy atom. The van der Waals surface area contributed by atoms with E-state index in [0.29, 0.717) is 13.2 Å². The van der Waals surface area contributed by atoms with Gasteiger partial charge in [0.15, 0.2) is 0 Å². The Morgan fingerprint density at radius 1 is 0.935 bits per heavy atom. The molecule has 0 saturated heterocycles. The van der Waals surface area contributed by atoms with E-state index in [1.165, 1.54) is 11.1 Å². The fourth-order valence-electron chi connectivity index (χ4n) is 4.01. The van der Waals surface area contributed by atoms with Crippen molar-refractivity contribution in [3.8, 4) is 5.75 Å². The first-order valence-electron chi connectivity index (χ1n) is 10.9. The molecule has 0 spiro atoms. The molecule has 0 radical (unpaired) electrons. The first-order chi connectivity index (χ1) is 14.9. The lowest BCUT2D eigenvalue weighted by Gasteiger charge is -2.34. The monoisotopic (exact) mass is 417 g/mol. The summed E-state index contributed by atoms with van der Waals surface area (Å²) >= 11 is 0. The van der Waals surface area contributed by atoms with E-state index in [1.54, 1.807) is 0 Å². The molecule has 1 N–H and O–H groups in total. The van der Waals surface area contributed by atoms with Crippen LogP contribution in [0.4, 0.5) is 0 Å². The van der Waals surface area contributed by atoms with Crippen molar-refractivity contribution >= 4 is 0 Å². The lowest BCUT2D eigenvalue weighted by molar-refractivity contribution is -0.180. The van der Waals surface area contributed by atoms with Crippen molar-refractivity contribution in [2.24, 2.45) is 0 Å². The summed E-state index contributed by atoms with van der Waals surface area (Å²) in [5.41, 5.74) is 4.32. The number of aliphatic hydroxyl groups is 1. The maximum atomic E-state index is 11.1. The molecule has 1 heterocycles. The van der Waals surface area contributed by atoms with Gasteiger partial charge in [-0.3, -0.25) is 4.90 Å². The molecule has 0 unspecified atom stereocenters. The second-order valence-electron chi connectivity index (χ2n) is 8.68. The average molecular weight is 418 g/mol. The molecule has 0 bridgehead atoms. The predicted octanol–water partition coefficient (Wildman–Crippen LogP) is 5.63. The van der Waals surface area contributed by atoms with Gasteiger partial charge in [-0.1, -0.05) is 66.7 Å². The molecule has 4 nitrogen and oxygen atoms in total. The first-order valence-corrected chi connectivity index (χ1v) is 10.9. The van der Waals surface area contributed by atoms with Crippen LogP contribution >= 0.6 is 0 Å². The van der Waals surface area contributed by atoms with Gasteiger partial charge in [0, 0.05) is 38.5 Å². The second-order valence-corrected chi connectivity index (χ2v) is 8.68. The predicted molar refractivity (Wildman–Crippen MR) is 123 cm³/mol. The molecule has 0 aliphatic carbocycles. The van der Waals surface area contributed by atoms with E-state index in [4.69, 9.17) is 9.47 Å². The molecule has 0 saturated carbocycles. The molecular weight excluding hydrogens is 386 g/mol. The molecule has 4 heteroatoms. The highest BCUT2D eigenvalue weighted by Gasteiger charge is 2.28. The van der Waals surface area contributed by atoms with E-state index in [0.717, 1.165) is 23.4 Å². The number of hydrogen-bond donors (Lipinski definition) is 1. The maximum absolute atomic E-state index is 11.1. The number of ether oxygens (including phenoxy) is 2. The molecule has 0 aromatic heterocycles. The Bertz CT molecular complexity index is 988. The van der Waals surface area contributed by atoms with Crippen LogP contribution in [0.5, 0.6) is 5.75 Å². The molecule has 2 atom stereocenters. The summed E-state index contributed by atoms with van der Waals surface area (Å²) < 4.78 is 11.7. The van der Waals surface area contributed by atoms with E-state index in [2.05, 4.69) is 60.4 Å². The van der Waals surface area contributed by atoms with Crippen LogP contribution in [0, 0.1) is 0 Å². The second kappa shape index (κ2) is 9.23. The Hall–Kier alpha value is -2.66. The molecule has 3 aromatic rings. The zero-order valence-electron chi connectivity index (χ0n) is 18.5. The van der Waals surface area contributed by atoms with E-state index < -0.39 is 11.9 Å². The van der Waals surface area contributed by atoms with E-state index in [-0.39, 0.29) is 6.04 Å². The van der Waals surface area contributed by atoms with Crippen LogP contribution in [0.2, 0.25) is 0 Å². The molecule has 162 valence electrons. The third-order valence-corrected chi connectivity index (χ3v) is 5.87. The summed E-state index contributed by atoms with van der Waals surface area (Å²) in [4.78, 5) is 2.32. The van der Waals surface area contributed by atoms with Gasteiger partial charge in [0.1, 0.15) is 5.75 Å². The van der Waals surface area contributed by atoms with Crippen molar-refractivity contribution in [1.82, 2.24) is 4.90 Å². The molecular formula is C27H31NO3. The lowest BCUT2D eigenvalue weighted by Crippen LogP contribution is -2.35. The minimum absolute atomic E-state index is 0.168. The van der Waals surface area contributed by atoms with Crippen molar-refractivity contribution in [2.45, 2.75) is 51.9 Å². The van der Waals surface area contributed by atoms with Gasteiger partial charge in [-0.2, -0.15) is 0 Å². The summed E-state index contributed by atoms with van der Waals surface area (Å²) in [6.45, 7) is 7.78. The Labute approximate surface area is 185 Å².